The molecule has 0 aromatic heterocycles. The maximum absolute atomic E-state index is 5.68. The second-order valence-corrected chi connectivity index (χ2v) is 4.71. The van der Waals surface area contributed by atoms with E-state index in [0.717, 1.165) is 13.0 Å². The minimum Gasteiger partial charge on any atom is -0.369 e. The van der Waals surface area contributed by atoms with Crippen molar-refractivity contribution in [3.8, 4) is 0 Å². The van der Waals surface area contributed by atoms with E-state index < -0.39 is 0 Å². The van der Waals surface area contributed by atoms with E-state index in [-0.39, 0.29) is 0 Å². The molecule has 0 radical (unpaired) electrons. The van der Waals surface area contributed by atoms with Gasteiger partial charge in [-0.3, -0.25) is 0 Å². The number of nitrogens with two attached hydrogens (primary N) is 1. The van der Waals surface area contributed by atoms with Crippen LogP contribution in [-0.2, 0) is 6.42 Å². The number of para-hydroxylation sites is 1. The lowest BCUT2D eigenvalue weighted by Crippen LogP contribution is -2.38. The number of hydrogen-bond acceptors (Lipinski definition) is 2. The summed E-state index contributed by atoms with van der Waals surface area (Å²) in [5.74, 6) is 0. The predicted octanol–water partition coefficient (Wildman–Crippen LogP) is 2.57. The van der Waals surface area contributed by atoms with Gasteiger partial charge in [0.15, 0.2) is 0 Å². The van der Waals surface area contributed by atoms with Gasteiger partial charge in [-0.15, -0.1) is 0 Å². The molecule has 1 aliphatic rings. The molecule has 1 aromatic carbocycles. The van der Waals surface area contributed by atoms with Crippen molar-refractivity contribution >= 4 is 5.69 Å². The lowest BCUT2D eigenvalue weighted by atomic mass is 10.00. The third-order valence-corrected chi connectivity index (χ3v) is 3.52. The molecule has 2 nitrogen and oxygen atoms in total. The lowest BCUT2D eigenvalue weighted by molar-refractivity contribution is 0.484. The maximum Gasteiger partial charge on any atom is 0.0401 e. The van der Waals surface area contributed by atoms with Crippen LogP contribution in [0.3, 0.4) is 0 Å². The van der Waals surface area contributed by atoms with Crippen molar-refractivity contribution in [2.75, 3.05) is 18.0 Å². The zero-order valence-corrected chi connectivity index (χ0v) is 10.2. The predicted molar refractivity (Wildman–Crippen MR) is 69.9 cm³/mol. The monoisotopic (exact) mass is 218 g/mol. The lowest BCUT2D eigenvalue weighted by Gasteiger charge is -2.36. The molecule has 2 rings (SSSR count). The van der Waals surface area contributed by atoms with Gasteiger partial charge in [0.25, 0.3) is 0 Å². The Bertz CT molecular complexity index is 335. The Morgan fingerprint density at radius 2 is 2.12 bits per heavy atom. The summed E-state index contributed by atoms with van der Waals surface area (Å²) >= 11 is 0. The first-order chi connectivity index (χ1) is 7.83. The van der Waals surface area contributed by atoms with Crippen LogP contribution in [0.15, 0.2) is 24.3 Å². The normalized spacial score (nSPS) is 21.1. The van der Waals surface area contributed by atoms with E-state index in [4.69, 9.17) is 5.73 Å². The van der Waals surface area contributed by atoms with Gasteiger partial charge in [-0.25, -0.2) is 0 Å². The summed E-state index contributed by atoms with van der Waals surface area (Å²) < 4.78 is 0. The summed E-state index contributed by atoms with van der Waals surface area (Å²) in [5, 5.41) is 0. The molecule has 2 heteroatoms. The Kier molecular flexibility index (Phi) is 3.83. The first kappa shape index (κ1) is 11.5. The Balaban J connectivity index is 2.23. The topological polar surface area (TPSA) is 29.3 Å². The molecule has 1 atom stereocenters. The van der Waals surface area contributed by atoms with Gasteiger partial charge in [0, 0.05) is 18.3 Å². The summed E-state index contributed by atoms with van der Waals surface area (Å²) in [6.45, 7) is 4.26. The SMILES string of the molecule is CC1CCCCN1c1ccccc1CCN. The highest BCUT2D eigenvalue weighted by molar-refractivity contribution is 5.54. The molecule has 1 saturated heterocycles. The first-order valence-electron chi connectivity index (χ1n) is 6.37. The Labute approximate surface area is 98.4 Å². The van der Waals surface area contributed by atoms with E-state index in [1.165, 1.54) is 37.1 Å². The van der Waals surface area contributed by atoms with Crippen LogP contribution < -0.4 is 10.6 Å². The fourth-order valence-corrected chi connectivity index (χ4v) is 2.61. The molecular formula is C14H22N2. The molecule has 1 aromatic rings. The average Bonchev–Trinajstić information content (AvgIpc) is 2.31. The van der Waals surface area contributed by atoms with Crippen LogP contribution in [-0.4, -0.2) is 19.1 Å². The number of hydrogen-bond donors (Lipinski definition) is 1. The standard InChI is InChI=1S/C14H22N2/c1-12-6-4-5-11-16(12)14-8-3-2-7-13(14)9-10-15/h2-3,7-8,12H,4-6,9-11,15H2,1H3. The van der Waals surface area contributed by atoms with Gasteiger partial charge < -0.3 is 10.6 Å². The molecule has 2 N–H and O–H groups in total. The molecule has 16 heavy (non-hydrogen) atoms. The molecule has 88 valence electrons. The summed E-state index contributed by atoms with van der Waals surface area (Å²) in [7, 11) is 0. The highest BCUT2D eigenvalue weighted by Crippen LogP contribution is 2.27. The summed E-state index contributed by atoms with van der Waals surface area (Å²) in [6, 6.07) is 9.38. The minimum atomic E-state index is 0.674. The van der Waals surface area contributed by atoms with E-state index in [1.54, 1.807) is 0 Å². The quantitative estimate of drug-likeness (QED) is 0.845. The number of piperidine rings is 1. The third-order valence-electron chi connectivity index (χ3n) is 3.52. The largest absolute Gasteiger partial charge is 0.369 e. The van der Waals surface area contributed by atoms with Gasteiger partial charge in [-0.1, -0.05) is 18.2 Å². The molecule has 0 saturated carbocycles. The van der Waals surface area contributed by atoms with Gasteiger partial charge in [0.1, 0.15) is 0 Å². The molecule has 0 spiro atoms. The van der Waals surface area contributed by atoms with Crippen LogP contribution in [0.25, 0.3) is 0 Å². The third kappa shape index (κ3) is 2.38. The Morgan fingerprint density at radius 3 is 2.88 bits per heavy atom. The van der Waals surface area contributed by atoms with Crippen LogP contribution in [0.1, 0.15) is 31.7 Å². The van der Waals surface area contributed by atoms with Gasteiger partial charge in [-0.05, 0) is 50.8 Å². The van der Waals surface area contributed by atoms with E-state index >= 15 is 0 Å². The second-order valence-electron chi connectivity index (χ2n) is 4.71. The van der Waals surface area contributed by atoms with Crippen LogP contribution >= 0.6 is 0 Å². The molecule has 1 aliphatic heterocycles. The molecular weight excluding hydrogens is 196 g/mol. The van der Waals surface area contributed by atoms with Crippen LogP contribution in [0.4, 0.5) is 5.69 Å². The summed E-state index contributed by atoms with van der Waals surface area (Å²) in [4.78, 5) is 2.55. The van der Waals surface area contributed by atoms with Crippen molar-refractivity contribution in [3.63, 3.8) is 0 Å². The number of nitrogens with zero attached hydrogens (tertiary/aromatic N) is 1. The van der Waals surface area contributed by atoms with E-state index in [9.17, 15) is 0 Å². The van der Waals surface area contributed by atoms with Gasteiger partial charge in [0.2, 0.25) is 0 Å². The molecule has 1 unspecified atom stereocenters. The van der Waals surface area contributed by atoms with E-state index in [1.807, 2.05) is 0 Å². The smallest absolute Gasteiger partial charge is 0.0401 e. The minimum absolute atomic E-state index is 0.674. The van der Waals surface area contributed by atoms with E-state index in [2.05, 4.69) is 36.1 Å². The van der Waals surface area contributed by atoms with Crippen LogP contribution in [0, 0.1) is 0 Å². The second kappa shape index (κ2) is 5.35. The average molecular weight is 218 g/mol. The van der Waals surface area contributed by atoms with Crippen molar-refractivity contribution in [3.05, 3.63) is 29.8 Å². The van der Waals surface area contributed by atoms with Crippen LogP contribution in [0.5, 0.6) is 0 Å². The summed E-state index contributed by atoms with van der Waals surface area (Å²) in [6.07, 6.45) is 4.99. The van der Waals surface area contributed by atoms with E-state index in [0.29, 0.717) is 6.04 Å². The van der Waals surface area contributed by atoms with Gasteiger partial charge in [-0.2, -0.15) is 0 Å². The van der Waals surface area contributed by atoms with Crippen molar-refractivity contribution in [1.82, 2.24) is 0 Å². The van der Waals surface area contributed by atoms with Crippen molar-refractivity contribution < 1.29 is 0 Å². The summed E-state index contributed by atoms with van der Waals surface area (Å²) in [5.41, 5.74) is 8.48. The fourth-order valence-electron chi connectivity index (χ4n) is 2.61. The van der Waals surface area contributed by atoms with Gasteiger partial charge in [0.05, 0.1) is 0 Å². The van der Waals surface area contributed by atoms with Crippen molar-refractivity contribution in [2.24, 2.45) is 5.73 Å². The molecule has 1 fully saturated rings. The molecule has 0 amide bonds. The van der Waals surface area contributed by atoms with Crippen molar-refractivity contribution in [2.45, 2.75) is 38.6 Å². The molecule has 1 heterocycles. The number of benzene rings is 1. The molecule has 0 bridgehead atoms. The zero-order chi connectivity index (χ0) is 11.4. The number of rotatable bonds is 3. The highest BCUT2D eigenvalue weighted by atomic mass is 15.2. The number of anilines is 1. The van der Waals surface area contributed by atoms with Crippen LogP contribution in [0.2, 0.25) is 0 Å². The zero-order valence-electron chi connectivity index (χ0n) is 10.2. The fraction of sp³-hybridized carbons (Fsp3) is 0.571. The van der Waals surface area contributed by atoms with Gasteiger partial charge >= 0.3 is 0 Å². The first-order valence-corrected chi connectivity index (χ1v) is 6.37. The Morgan fingerprint density at radius 1 is 1.31 bits per heavy atom. The highest BCUT2D eigenvalue weighted by Gasteiger charge is 2.19. The molecule has 0 aliphatic carbocycles. The van der Waals surface area contributed by atoms with Crippen molar-refractivity contribution in [1.29, 1.82) is 0 Å². The maximum atomic E-state index is 5.68. The Hall–Kier alpha value is -1.02.